The van der Waals surface area contributed by atoms with Gasteiger partial charge in [-0.05, 0) is 19.8 Å². The zero-order valence-corrected chi connectivity index (χ0v) is 8.02. The summed E-state index contributed by atoms with van der Waals surface area (Å²) in [5.74, 6) is 0.374. The van der Waals surface area contributed by atoms with Gasteiger partial charge in [-0.2, -0.15) is 0 Å². The van der Waals surface area contributed by atoms with Gasteiger partial charge in [-0.1, -0.05) is 13.8 Å². The molecule has 0 saturated carbocycles. The van der Waals surface area contributed by atoms with Crippen molar-refractivity contribution in [3.63, 3.8) is 0 Å². The SMILES string of the molecule is CC12CCC(O1)C(C)(C)C(=O)C2. The largest absolute Gasteiger partial charge is 0.371 e. The molecule has 0 aliphatic carbocycles. The first-order chi connectivity index (χ1) is 5.44. The molecule has 2 unspecified atom stereocenters. The van der Waals surface area contributed by atoms with Crippen LogP contribution in [0.25, 0.3) is 0 Å². The summed E-state index contributed by atoms with van der Waals surface area (Å²) in [6, 6.07) is 0. The van der Waals surface area contributed by atoms with Crippen LogP contribution in [0.4, 0.5) is 0 Å². The Morgan fingerprint density at radius 2 is 2.08 bits per heavy atom. The Hall–Kier alpha value is -0.370. The fourth-order valence-electron chi connectivity index (χ4n) is 2.28. The van der Waals surface area contributed by atoms with Crippen molar-refractivity contribution < 1.29 is 9.53 Å². The molecule has 0 radical (unpaired) electrons. The van der Waals surface area contributed by atoms with Crippen LogP contribution in [0.15, 0.2) is 0 Å². The van der Waals surface area contributed by atoms with E-state index in [1.54, 1.807) is 0 Å². The number of hydrogen-bond acceptors (Lipinski definition) is 2. The van der Waals surface area contributed by atoms with Crippen molar-refractivity contribution in [2.45, 2.75) is 51.7 Å². The summed E-state index contributed by atoms with van der Waals surface area (Å²) in [5, 5.41) is 0. The molecule has 2 fully saturated rings. The smallest absolute Gasteiger partial charge is 0.143 e. The fraction of sp³-hybridized carbons (Fsp3) is 0.900. The van der Waals surface area contributed by atoms with Gasteiger partial charge in [0.15, 0.2) is 0 Å². The minimum Gasteiger partial charge on any atom is -0.371 e. The quantitative estimate of drug-likeness (QED) is 0.552. The number of rotatable bonds is 0. The van der Waals surface area contributed by atoms with E-state index in [2.05, 4.69) is 6.92 Å². The Labute approximate surface area is 73.3 Å². The fourth-order valence-corrected chi connectivity index (χ4v) is 2.28. The number of hydrogen-bond donors (Lipinski definition) is 0. The molecule has 2 heterocycles. The van der Waals surface area contributed by atoms with Gasteiger partial charge in [0.2, 0.25) is 0 Å². The molecule has 0 amide bonds. The van der Waals surface area contributed by atoms with E-state index in [-0.39, 0.29) is 17.1 Å². The number of Topliss-reactive ketones (excluding diaryl/α,β-unsaturated/α-hetero) is 1. The molecule has 2 heteroatoms. The highest BCUT2D eigenvalue weighted by Gasteiger charge is 2.52. The third-order valence-electron chi connectivity index (χ3n) is 3.42. The van der Waals surface area contributed by atoms with Crippen LogP contribution in [-0.4, -0.2) is 17.5 Å². The topological polar surface area (TPSA) is 26.3 Å². The number of ketones is 1. The molecule has 68 valence electrons. The van der Waals surface area contributed by atoms with Crippen molar-refractivity contribution >= 4 is 5.78 Å². The number of carbonyl (C=O) groups excluding carboxylic acids is 1. The van der Waals surface area contributed by atoms with Crippen LogP contribution in [0.2, 0.25) is 0 Å². The van der Waals surface area contributed by atoms with Gasteiger partial charge in [0.25, 0.3) is 0 Å². The molecule has 12 heavy (non-hydrogen) atoms. The zero-order valence-electron chi connectivity index (χ0n) is 8.02. The number of ether oxygens (including phenoxy) is 1. The third kappa shape index (κ3) is 0.939. The first kappa shape index (κ1) is 8.24. The van der Waals surface area contributed by atoms with Gasteiger partial charge in [0, 0.05) is 11.8 Å². The number of carbonyl (C=O) groups is 1. The van der Waals surface area contributed by atoms with Crippen LogP contribution in [0.3, 0.4) is 0 Å². The molecule has 0 N–H and O–H groups in total. The average Bonchev–Trinajstić information content (AvgIpc) is 2.28. The van der Waals surface area contributed by atoms with E-state index in [1.165, 1.54) is 0 Å². The first-order valence-electron chi connectivity index (χ1n) is 4.65. The van der Waals surface area contributed by atoms with E-state index in [0.29, 0.717) is 12.2 Å². The van der Waals surface area contributed by atoms with Gasteiger partial charge in [-0.3, -0.25) is 4.79 Å². The average molecular weight is 168 g/mol. The molecular weight excluding hydrogens is 152 g/mol. The van der Waals surface area contributed by atoms with Gasteiger partial charge in [0.05, 0.1) is 11.7 Å². The van der Waals surface area contributed by atoms with Crippen molar-refractivity contribution in [3.8, 4) is 0 Å². The highest BCUT2D eigenvalue weighted by Crippen LogP contribution is 2.47. The summed E-state index contributed by atoms with van der Waals surface area (Å²) in [5.41, 5.74) is -0.368. The van der Waals surface area contributed by atoms with Crippen LogP contribution in [0, 0.1) is 5.41 Å². The highest BCUT2D eigenvalue weighted by molar-refractivity contribution is 5.86. The minimum atomic E-state index is -0.240. The molecule has 2 nitrogen and oxygen atoms in total. The summed E-state index contributed by atoms with van der Waals surface area (Å²) >= 11 is 0. The van der Waals surface area contributed by atoms with Crippen molar-refractivity contribution in [2.24, 2.45) is 5.41 Å². The zero-order chi connectivity index (χ0) is 8.98. The van der Waals surface area contributed by atoms with E-state index in [1.807, 2.05) is 13.8 Å². The van der Waals surface area contributed by atoms with Crippen LogP contribution in [-0.2, 0) is 9.53 Å². The van der Waals surface area contributed by atoms with E-state index >= 15 is 0 Å². The normalized spacial score (nSPS) is 44.9. The first-order valence-corrected chi connectivity index (χ1v) is 4.65. The Bertz CT molecular complexity index is 232. The predicted octanol–water partition coefficient (Wildman–Crippen LogP) is 1.92. The summed E-state index contributed by atoms with van der Waals surface area (Å²) in [4.78, 5) is 11.7. The van der Waals surface area contributed by atoms with Crippen LogP contribution in [0.1, 0.15) is 40.0 Å². The summed E-state index contributed by atoms with van der Waals surface area (Å²) in [6.07, 6.45) is 2.88. The second-order valence-electron chi connectivity index (χ2n) is 4.92. The molecule has 0 aromatic heterocycles. The van der Waals surface area contributed by atoms with E-state index < -0.39 is 0 Å². The molecule has 0 aromatic rings. The molecule has 2 atom stereocenters. The van der Waals surface area contributed by atoms with Crippen molar-refractivity contribution in [2.75, 3.05) is 0 Å². The van der Waals surface area contributed by atoms with Crippen LogP contribution in [0.5, 0.6) is 0 Å². The van der Waals surface area contributed by atoms with Crippen molar-refractivity contribution in [1.82, 2.24) is 0 Å². The van der Waals surface area contributed by atoms with Gasteiger partial charge < -0.3 is 4.74 Å². The maximum Gasteiger partial charge on any atom is 0.143 e. The molecule has 2 saturated heterocycles. The van der Waals surface area contributed by atoms with Gasteiger partial charge in [-0.15, -0.1) is 0 Å². The summed E-state index contributed by atoms with van der Waals surface area (Å²) in [7, 11) is 0. The Balaban J connectivity index is 2.32. The van der Waals surface area contributed by atoms with Gasteiger partial charge in [0.1, 0.15) is 5.78 Å². The molecule has 2 aliphatic heterocycles. The van der Waals surface area contributed by atoms with Crippen LogP contribution < -0.4 is 0 Å². The lowest BCUT2D eigenvalue weighted by atomic mass is 9.78. The maximum absolute atomic E-state index is 11.7. The van der Waals surface area contributed by atoms with Gasteiger partial charge >= 0.3 is 0 Å². The van der Waals surface area contributed by atoms with E-state index in [4.69, 9.17) is 4.74 Å². The van der Waals surface area contributed by atoms with E-state index in [9.17, 15) is 4.79 Å². The lowest BCUT2D eigenvalue weighted by molar-refractivity contribution is -0.160. The van der Waals surface area contributed by atoms with E-state index in [0.717, 1.165) is 12.8 Å². The maximum atomic E-state index is 11.7. The predicted molar refractivity (Wildman–Crippen MR) is 45.9 cm³/mol. The molecule has 2 rings (SSSR count). The highest BCUT2D eigenvalue weighted by atomic mass is 16.5. The Morgan fingerprint density at radius 3 is 2.75 bits per heavy atom. The molecular formula is C10H16O2. The monoisotopic (exact) mass is 168 g/mol. The summed E-state index contributed by atoms with van der Waals surface area (Å²) < 4.78 is 5.85. The van der Waals surface area contributed by atoms with Crippen molar-refractivity contribution in [3.05, 3.63) is 0 Å². The lowest BCUT2D eigenvalue weighted by Crippen LogP contribution is -2.46. The second-order valence-corrected chi connectivity index (χ2v) is 4.92. The Kier molecular flexibility index (Phi) is 1.45. The number of fused-ring (bicyclic) bond motifs is 2. The Morgan fingerprint density at radius 1 is 1.42 bits per heavy atom. The van der Waals surface area contributed by atoms with Crippen molar-refractivity contribution in [1.29, 1.82) is 0 Å². The lowest BCUT2D eigenvalue weighted by Gasteiger charge is -2.39. The van der Waals surface area contributed by atoms with Crippen LogP contribution >= 0.6 is 0 Å². The molecule has 2 aliphatic rings. The molecule has 0 aromatic carbocycles. The van der Waals surface area contributed by atoms with Gasteiger partial charge in [-0.25, -0.2) is 0 Å². The standard InChI is InChI=1S/C10H16O2/c1-9(2)7(11)6-10(3)5-4-8(9)12-10/h8H,4-6H2,1-3H3. The minimum absolute atomic E-state index is 0.128. The molecule has 0 spiro atoms. The second kappa shape index (κ2) is 2.11. The summed E-state index contributed by atoms with van der Waals surface area (Å²) in [6.45, 7) is 6.07. The third-order valence-corrected chi connectivity index (χ3v) is 3.42. The molecule has 2 bridgehead atoms.